The molecule has 2 aromatic rings. The smallest absolute Gasteiger partial charge is 0.339 e. The predicted molar refractivity (Wildman–Crippen MR) is 110 cm³/mol. The molecule has 164 valence electrons. The normalized spacial score (nSPS) is 14.4. The molecule has 0 aliphatic carbocycles. The Morgan fingerprint density at radius 1 is 1.06 bits per heavy atom. The van der Waals surface area contributed by atoms with Crippen LogP contribution in [0.3, 0.4) is 0 Å². The summed E-state index contributed by atoms with van der Waals surface area (Å²) < 4.78 is 21.4. The molecule has 1 aliphatic heterocycles. The third-order valence-electron chi connectivity index (χ3n) is 4.70. The third kappa shape index (κ3) is 5.73. The molecule has 1 atom stereocenters. The number of rotatable bonds is 8. The van der Waals surface area contributed by atoms with Gasteiger partial charge in [0.2, 0.25) is 6.10 Å². The van der Waals surface area contributed by atoms with Crippen molar-refractivity contribution in [3.05, 3.63) is 59.7 Å². The van der Waals surface area contributed by atoms with Crippen molar-refractivity contribution in [1.82, 2.24) is 4.90 Å². The van der Waals surface area contributed by atoms with Crippen LogP contribution in [0.2, 0.25) is 0 Å². The van der Waals surface area contributed by atoms with Crippen molar-refractivity contribution in [2.75, 3.05) is 40.0 Å². The SMILES string of the molecule is COc1cc(C(=O)OC(C(N)=O)c2ccccc2)ccc1OCC(=O)N1CCOCC1. The Morgan fingerprint density at radius 2 is 1.77 bits per heavy atom. The van der Waals surface area contributed by atoms with E-state index in [9.17, 15) is 14.4 Å². The topological polar surface area (TPSA) is 117 Å². The van der Waals surface area contributed by atoms with Crippen LogP contribution in [0.15, 0.2) is 48.5 Å². The molecule has 31 heavy (non-hydrogen) atoms. The lowest BCUT2D eigenvalue weighted by Gasteiger charge is -2.26. The number of carbonyl (C=O) groups is 3. The number of primary amides is 1. The monoisotopic (exact) mass is 428 g/mol. The third-order valence-corrected chi connectivity index (χ3v) is 4.70. The van der Waals surface area contributed by atoms with Crippen LogP contribution in [0.1, 0.15) is 22.0 Å². The number of hydrogen-bond acceptors (Lipinski definition) is 7. The summed E-state index contributed by atoms with van der Waals surface area (Å²) in [6.07, 6.45) is -1.22. The van der Waals surface area contributed by atoms with Crippen molar-refractivity contribution in [2.24, 2.45) is 5.73 Å². The van der Waals surface area contributed by atoms with Crippen molar-refractivity contribution in [3.63, 3.8) is 0 Å². The number of methoxy groups -OCH3 is 1. The van der Waals surface area contributed by atoms with Gasteiger partial charge in [-0.3, -0.25) is 9.59 Å². The van der Waals surface area contributed by atoms with Crippen LogP contribution >= 0.6 is 0 Å². The second-order valence-electron chi connectivity index (χ2n) is 6.75. The van der Waals surface area contributed by atoms with Gasteiger partial charge < -0.3 is 29.6 Å². The van der Waals surface area contributed by atoms with E-state index in [1.165, 1.54) is 25.3 Å². The zero-order valence-corrected chi connectivity index (χ0v) is 17.1. The summed E-state index contributed by atoms with van der Waals surface area (Å²) in [5.41, 5.74) is 6.01. The molecule has 2 N–H and O–H groups in total. The highest BCUT2D eigenvalue weighted by Crippen LogP contribution is 2.29. The molecule has 3 rings (SSSR count). The highest BCUT2D eigenvalue weighted by molar-refractivity contribution is 5.93. The van der Waals surface area contributed by atoms with Gasteiger partial charge in [0.25, 0.3) is 11.8 Å². The Bertz CT molecular complexity index is 927. The first-order valence-electron chi connectivity index (χ1n) is 9.71. The molecule has 1 unspecified atom stereocenters. The number of nitrogens with zero attached hydrogens (tertiary/aromatic N) is 1. The van der Waals surface area contributed by atoms with Crippen LogP contribution < -0.4 is 15.2 Å². The second kappa shape index (κ2) is 10.4. The van der Waals surface area contributed by atoms with E-state index in [0.717, 1.165) is 0 Å². The first kappa shape index (κ1) is 22.1. The van der Waals surface area contributed by atoms with E-state index in [-0.39, 0.29) is 23.8 Å². The number of nitrogens with two attached hydrogens (primary N) is 1. The molecule has 2 amide bonds. The van der Waals surface area contributed by atoms with Gasteiger partial charge in [0.05, 0.1) is 25.9 Å². The summed E-state index contributed by atoms with van der Waals surface area (Å²) in [7, 11) is 1.41. The van der Waals surface area contributed by atoms with E-state index in [4.69, 9.17) is 24.7 Å². The molecule has 1 saturated heterocycles. The van der Waals surface area contributed by atoms with Crippen LogP contribution in [0, 0.1) is 0 Å². The molecule has 0 saturated carbocycles. The number of ether oxygens (including phenoxy) is 4. The molecule has 2 aromatic carbocycles. The first-order valence-corrected chi connectivity index (χ1v) is 9.71. The highest BCUT2D eigenvalue weighted by atomic mass is 16.5. The molecule has 0 spiro atoms. The highest BCUT2D eigenvalue weighted by Gasteiger charge is 2.24. The van der Waals surface area contributed by atoms with Gasteiger partial charge in [-0.25, -0.2) is 4.79 Å². The Hall–Kier alpha value is -3.59. The minimum atomic E-state index is -1.22. The van der Waals surface area contributed by atoms with Gasteiger partial charge in [-0.1, -0.05) is 30.3 Å². The van der Waals surface area contributed by atoms with Gasteiger partial charge in [0, 0.05) is 18.7 Å². The Labute approximate surface area is 179 Å². The minimum absolute atomic E-state index is 0.144. The van der Waals surface area contributed by atoms with E-state index in [2.05, 4.69) is 0 Å². The fraction of sp³-hybridized carbons (Fsp3) is 0.318. The number of carbonyl (C=O) groups excluding carboxylic acids is 3. The van der Waals surface area contributed by atoms with Crippen molar-refractivity contribution < 1.29 is 33.3 Å². The summed E-state index contributed by atoms with van der Waals surface area (Å²) in [6.45, 7) is 1.87. The van der Waals surface area contributed by atoms with Crippen LogP contribution in [0.5, 0.6) is 11.5 Å². The van der Waals surface area contributed by atoms with Crippen LogP contribution in [0.4, 0.5) is 0 Å². The predicted octanol–water partition coefficient (Wildman–Crippen LogP) is 1.32. The van der Waals surface area contributed by atoms with E-state index in [1.807, 2.05) is 0 Å². The van der Waals surface area contributed by atoms with E-state index >= 15 is 0 Å². The quantitative estimate of drug-likeness (QED) is 0.630. The molecule has 0 aromatic heterocycles. The first-order chi connectivity index (χ1) is 15.0. The van der Waals surface area contributed by atoms with Crippen molar-refractivity contribution in [2.45, 2.75) is 6.10 Å². The van der Waals surface area contributed by atoms with E-state index < -0.39 is 18.0 Å². The maximum absolute atomic E-state index is 12.6. The zero-order valence-electron chi connectivity index (χ0n) is 17.1. The fourth-order valence-corrected chi connectivity index (χ4v) is 3.05. The Balaban J connectivity index is 1.67. The maximum atomic E-state index is 12.6. The fourth-order valence-electron chi connectivity index (χ4n) is 3.05. The molecule has 1 aliphatic rings. The summed E-state index contributed by atoms with van der Waals surface area (Å²) in [6, 6.07) is 12.9. The van der Waals surface area contributed by atoms with Crippen molar-refractivity contribution in [1.29, 1.82) is 0 Å². The van der Waals surface area contributed by atoms with Crippen molar-refractivity contribution in [3.8, 4) is 11.5 Å². The molecule has 0 radical (unpaired) electrons. The molecular weight excluding hydrogens is 404 g/mol. The number of amides is 2. The largest absolute Gasteiger partial charge is 0.493 e. The Kier molecular flexibility index (Phi) is 7.45. The van der Waals surface area contributed by atoms with E-state index in [0.29, 0.717) is 37.6 Å². The number of hydrogen-bond donors (Lipinski definition) is 1. The lowest BCUT2D eigenvalue weighted by atomic mass is 10.1. The van der Waals surface area contributed by atoms with Gasteiger partial charge in [0.15, 0.2) is 18.1 Å². The molecule has 0 bridgehead atoms. The summed E-state index contributed by atoms with van der Waals surface area (Å²) in [5, 5.41) is 0. The van der Waals surface area contributed by atoms with Gasteiger partial charge in [-0.15, -0.1) is 0 Å². The average molecular weight is 428 g/mol. The zero-order chi connectivity index (χ0) is 22.2. The van der Waals surface area contributed by atoms with Crippen LogP contribution in [-0.4, -0.2) is 62.7 Å². The summed E-state index contributed by atoms with van der Waals surface area (Å²) in [5.74, 6) is -1.15. The van der Waals surface area contributed by atoms with Gasteiger partial charge in [0.1, 0.15) is 0 Å². The molecular formula is C22H24N2O7. The summed E-state index contributed by atoms with van der Waals surface area (Å²) in [4.78, 5) is 38.3. The number of esters is 1. The van der Waals surface area contributed by atoms with Crippen LogP contribution in [-0.2, 0) is 19.1 Å². The molecule has 1 fully saturated rings. The lowest BCUT2D eigenvalue weighted by Crippen LogP contribution is -2.43. The Morgan fingerprint density at radius 3 is 2.42 bits per heavy atom. The molecule has 1 heterocycles. The van der Waals surface area contributed by atoms with E-state index in [1.54, 1.807) is 35.2 Å². The minimum Gasteiger partial charge on any atom is -0.493 e. The van der Waals surface area contributed by atoms with Gasteiger partial charge in [-0.2, -0.15) is 0 Å². The molecule has 9 nitrogen and oxygen atoms in total. The van der Waals surface area contributed by atoms with Crippen molar-refractivity contribution >= 4 is 17.8 Å². The standard InChI is InChI=1S/C22H24N2O7/c1-28-18-13-16(22(27)31-20(21(23)26)15-5-3-2-4-6-15)7-8-17(18)30-14-19(25)24-9-11-29-12-10-24/h2-8,13,20H,9-12,14H2,1H3,(H2,23,26). The average Bonchev–Trinajstić information content (AvgIpc) is 2.81. The second-order valence-corrected chi connectivity index (χ2v) is 6.75. The maximum Gasteiger partial charge on any atom is 0.339 e. The van der Waals surface area contributed by atoms with Crippen LogP contribution in [0.25, 0.3) is 0 Å². The summed E-state index contributed by atoms with van der Waals surface area (Å²) >= 11 is 0. The number of morpholine rings is 1. The molecule has 9 heteroatoms. The van der Waals surface area contributed by atoms with Gasteiger partial charge in [-0.05, 0) is 18.2 Å². The lowest BCUT2D eigenvalue weighted by molar-refractivity contribution is -0.137. The van der Waals surface area contributed by atoms with Gasteiger partial charge >= 0.3 is 5.97 Å². The number of benzene rings is 2.